The number of hydrogen-bond acceptors (Lipinski definition) is 5. The molecule has 0 aromatic heterocycles. The molecule has 1 aromatic carbocycles. The Morgan fingerprint density at radius 3 is 2.14 bits per heavy atom. The number of benzene rings is 1. The first-order chi connectivity index (χ1) is 13.5. The van der Waals surface area contributed by atoms with Gasteiger partial charge >= 0.3 is 0 Å². The molecule has 0 radical (unpaired) electrons. The molecule has 0 saturated carbocycles. The van der Waals surface area contributed by atoms with Crippen LogP contribution in [0.3, 0.4) is 0 Å². The van der Waals surface area contributed by atoms with Gasteiger partial charge in [-0.15, -0.1) is 12.4 Å². The summed E-state index contributed by atoms with van der Waals surface area (Å²) in [7, 11) is 4.89. The van der Waals surface area contributed by atoms with Crippen LogP contribution in [0.1, 0.15) is 38.2 Å². The number of carbonyl (C=O) groups is 1. The number of nitrogens with zero attached hydrogens (tertiary/aromatic N) is 2. The number of piperidine rings is 2. The summed E-state index contributed by atoms with van der Waals surface area (Å²) in [5.74, 6) is 3.18. The minimum Gasteiger partial charge on any atom is -0.493 e. The van der Waals surface area contributed by atoms with Gasteiger partial charge in [-0.2, -0.15) is 0 Å². The second-order valence-corrected chi connectivity index (χ2v) is 8.12. The summed E-state index contributed by atoms with van der Waals surface area (Å²) in [5.41, 5.74) is 1.13. The van der Waals surface area contributed by atoms with Crippen LogP contribution in [-0.4, -0.2) is 63.2 Å². The van der Waals surface area contributed by atoms with Crippen LogP contribution >= 0.6 is 12.4 Å². The highest BCUT2D eigenvalue weighted by Gasteiger charge is 2.30. The van der Waals surface area contributed by atoms with E-state index in [2.05, 4.69) is 16.7 Å². The molecule has 0 bridgehead atoms. The molecule has 6 nitrogen and oxygen atoms in total. The molecular weight excluding hydrogens is 392 g/mol. The molecule has 29 heavy (non-hydrogen) atoms. The third-order valence-corrected chi connectivity index (χ3v) is 6.04. The van der Waals surface area contributed by atoms with E-state index in [1.165, 1.54) is 6.42 Å². The number of hydrogen-bond donors (Lipinski definition) is 0. The molecule has 1 unspecified atom stereocenters. The van der Waals surface area contributed by atoms with Gasteiger partial charge in [0, 0.05) is 25.6 Å². The van der Waals surface area contributed by atoms with Crippen molar-refractivity contribution in [3.63, 3.8) is 0 Å². The van der Waals surface area contributed by atoms with Gasteiger partial charge in [0.2, 0.25) is 11.7 Å². The lowest BCUT2D eigenvalue weighted by molar-refractivity contribution is -0.138. The molecule has 0 aliphatic carbocycles. The summed E-state index contributed by atoms with van der Waals surface area (Å²) in [4.78, 5) is 17.4. The van der Waals surface area contributed by atoms with E-state index in [9.17, 15) is 4.79 Å². The molecule has 2 fully saturated rings. The number of carbonyl (C=O) groups excluding carboxylic acids is 1. The van der Waals surface area contributed by atoms with Crippen LogP contribution in [0.2, 0.25) is 0 Å². The smallest absolute Gasteiger partial charge is 0.225 e. The van der Waals surface area contributed by atoms with Crippen molar-refractivity contribution in [3.05, 3.63) is 17.7 Å². The van der Waals surface area contributed by atoms with Gasteiger partial charge in [-0.05, 0) is 62.4 Å². The van der Waals surface area contributed by atoms with E-state index in [0.29, 0.717) is 29.1 Å². The predicted octanol–water partition coefficient (Wildman–Crippen LogP) is 3.60. The predicted molar refractivity (Wildman–Crippen MR) is 116 cm³/mol. The third kappa shape index (κ3) is 5.70. The van der Waals surface area contributed by atoms with Gasteiger partial charge < -0.3 is 19.1 Å². The number of methoxy groups -OCH3 is 3. The molecule has 0 N–H and O–H groups in total. The van der Waals surface area contributed by atoms with Gasteiger partial charge in [0.1, 0.15) is 0 Å². The first-order valence-electron chi connectivity index (χ1n) is 10.4. The Labute approximate surface area is 180 Å². The molecular formula is C22H35ClN2O4. The van der Waals surface area contributed by atoms with E-state index in [1.807, 2.05) is 12.1 Å². The lowest BCUT2D eigenvalue weighted by atomic mass is 9.92. The van der Waals surface area contributed by atoms with E-state index in [4.69, 9.17) is 14.2 Å². The van der Waals surface area contributed by atoms with Crippen molar-refractivity contribution in [2.24, 2.45) is 11.8 Å². The highest BCUT2D eigenvalue weighted by Crippen LogP contribution is 2.38. The molecule has 3 rings (SSSR count). The van der Waals surface area contributed by atoms with Crippen LogP contribution < -0.4 is 14.2 Å². The Balaban J connectivity index is 0.00000300. The summed E-state index contributed by atoms with van der Waals surface area (Å²) in [5, 5.41) is 0. The maximum Gasteiger partial charge on any atom is 0.225 e. The van der Waals surface area contributed by atoms with Gasteiger partial charge in [-0.1, -0.05) is 6.92 Å². The van der Waals surface area contributed by atoms with Gasteiger partial charge in [0.15, 0.2) is 11.5 Å². The highest BCUT2D eigenvalue weighted by atomic mass is 35.5. The van der Waals surface area contributed by atoms with Crippen molar-refractivity contribution in [1.82, 2.24) is 9.80 Å². The average molecular weight is 427 g/mol. The SMILES string of the molecule is COc1cc(CN2CCC(C(=O)N3CCCC(C)C3)CC2)cc(OC)c1OC.Cl. The van der Waals surface area contributed by atoms with Crippen molar-refractivity contribution in [3.8, 4) is 17.2 Å². The summed E-state index contributed by atoms with van der Waals surface area (Å²) < 4.78 is 16.3. The lowest BCUT2D eigenvalue weighted by Crippen LogP contribution is -2.45. The second-order valence-electron chi connectivity index (χ2n) is 8.12. The van der Waals surface area contributed by atoms with E-state index in [0.717, 1.165) is 57.5 Å². The van der Waals surface area contributed by atoms with Crippen molar-refractivity contribution < 1.29 is 19.0 Å². The van der Waals surface area contributed by atoms with Gasteiger partial charge in [0.25, 0.3) is 0 Å². The van der Waals surface area contributed by atoms with Crippen LogP contribution in [0.25, 0.3) is 0 Å². The highest BCUT2D eigenvalue weighted by molar-refractivity contribution is 5.85. The fourth-order valence-electron chi connectivity index (χ4n) is 4.47. The quantitative estimate of drug-likeness (QED) is 0.695. The fourth-order valence-corrected chi connectivity index (χ4v) is 4.47. The van der Waals surface area contributed by atoms with Crippen molar-refractivity contribution >= 4 is 18.3 Å². The summed E-state index contributed by atoms with van der Waals surface area (Å²) >= 11 is 0. The van der Waals surface area contributed by atoms with Crippen molar-refractivity contribution in [2.75, 3.05) is 47.5 Å². The standard InChI is InChI=1S/C22H34N2O4.ClH/c1-16-6-5-9-24(14-16)22(25)18-7-10-23(11-8-18)15-17-12-19(26-2)21(28-4)20(13-17)27-3;/h12-13,16,18H,5-11,14-15H2,1-4H3;1H. The summed E-state index contributed by atoms with van der Waals surface area (Å²) in [6.45, 7) is 6.82. The normalized spacial score (nSPS) is 20.7. The maximum absolute atomic E-state index is 12.9. The topological polar surface area (TPSA) is 51.2 Å². The van der Waals surface area contributed by atoms with Gasteiger partial charge in [0.05, 0.1) is 21.3 Å². The number of amides is 1. The van der Waals surface area contributed by atoms with E-state index >= 15 is 0 Å². The molecule has 1 atom stereocenters. The van der Waals surface area contributed by atoms with Crippen LogP contribution in [0.15, 0.2) is 12.1 Å². The van der Waals surface area contributed by atoms with Crippen LogP contribution in [0, 0.1) is 11.8 Å². The van der Waals surface area contributed by atoms with Crippen molar-refractivity contribution in [2.45, 2.75) is 39.2 Å². The summed E-state index contributed by atoms with van der Waals surface area (Å²) in [6, 6.07) is 4.02. The monoisotopic (exact) mass is 426 g/mol. The fraction of sp³-hybridized carbons (Fsp3) is 0.682. The van der Waals surface area contributed by atoms with Crippen LogP contribution in [-0.2, 0) is 11.3 Å². The average Bonchev–Trinajstić information content (AvgIpc) is 2.73. The zero-order valence-corrected chi connectivity index (χ0v) is 18.9. The Kier molecular flexibility index (Phi) is 8.90. The Morgan fingerprint density at radius 1 is 1.00 bits per heavy atom. The molecule has 0 spiro atoms. The van der Waals surface area contributed by atoms with Gasteiger partial charge in [-0.3, -0.25) is 9.69 Å². The molecule has 2 saturated heterocycles. The minimum absolute atomic E-state index is 0. The number of likely N-dealkylation sites (tertiary alicyclic amines) is 2. The third-order valence-electron chi connectivity index (χ3n) is 6.04. The van der Waals surface area contributed by atoms with Crippen LogP contribution in [0.5, 0.6) is 17.2 Å². The molecule has 164 valence electrons. The zero-order valence-electron chi connectivity index (χ0n) is 18.1. The zero-order chi connectivity index (χ0) is 20.1. The molecule has 2 heterocycles. The van der Waals surface area contributed by atoms with E-state index in [-0.39, 0.29) is 18.3 Å². The molecule has 2 aliphatic heterocycles. The lowest BCUT2D eigenvalue weighted by Gasteiger charge is -2.37. The van der Waals surface area contributed by atoms with E-state index in [1.54, 1.807) is 21.3 Å². The first-order valence-corrected chi connectivity index (χ1v) is 10.4. The van der Waals surface area contributed by atoms with E-state index < -0.39 is 0 Å². The summed E-state index contributed by atoms with van der Waals surface area (Å²) in [6.07, 6.45) is 4.27. The molecule has 7 heteroatoms. The van der Waals surface area contributed by atoms with Crippen molar-refractivity contribution in [1.29, 1.82) is 0 Å². The Bertz CT molecular complexity index is 652. The van der Waals surface area contributed by atoms with Crippen LogP contribution in [0.4, 0.5) is 0 Å². The Morgan fingerprint density at radius 2 is 1.62 bits per heavy atom. The largest absolute Gasteiger partial charge is 0.493 e. The number of halogens is 1. The Hall–Kier alpha value is -1.66. The second kappa shape index (κ2) is 10.9. The minimum atomic E-state index is 0. The van der Waals surface area contributed by atoms with Gasteiger partial charge in [-0.25, -0.2) is 0 Å². The maximum atomic E-state index is 12.9. The number of ether oxygens (including phenoxy) is 3. The molecule has 2 aliphatic rings. The molecule has 1 aromatic rings. The number of rotatable bonds is 6. The molecule has 1 amide bonds. The first kappa shape index (κ1) is 23.6.